The maximum atomic E-state index is 4.58. The van der Waals surface area contributed by atoms with Crippen molar-refractivity contribution in [2.24, 2.45) is 4.99 Å². The summed E-state index contributed by atoms with van der Waals surface area (Å²) in [6.07, 6.45) is 3.88. The zero-order valence-corrected chi connectivity index (χ0v) is 10.8. The monoisotopic (exact) mass is 214 g/mol. The molecule has 0 fully saturated rings. The van der Waals surface area contributed by atoms with Crippen molar-refractivity contribution in [2.75, 3.05) is 7.05 Å². The van der Waals surface area contributed by atoms with Crippen molar-refractivity contribution in [3.05, 3.63) is 11.3 Å². The van der Waals surface area contributed by atoms with Crippen molar-refractivity contribution in [1.29, 1.82) is 0 Å². The van der Waals surface area contributed by atoms with Crippen molar-refractivity contribution in [1.82, 2.24) is 5.32 Å². The zero-order valence-electron chi connectivity index (χ0n) is 9.89. The van der Waals surface area contributed by atoms with Gasteiger partial charge >= 0.3 is 0 Å². The molecule has 0 saturated heterocycles. The van der Waals surface area contributed by atoms with Gasteiger partial charge in [0, 0.05) is 6.21 Å². The number of likely N-dealkylation sites (N-methyl/N-ethyl adjacent to an activating group) is 1. The van der Waals surface area contributed by atoms with Crippen molar-refractivity contribution in [3.8, 4) is 0 Å². The highest BCUT2D eigenvalue weighted by atomic mass is 32.1. The molecule has 0 aromatic carbocycles. The summed E-state index contributed by atoms with van der Waals surface area (Å²) in [5.41, 5.74) is 2.41. The Balaban J connectivity index is 5.21. The molecule has 2 nitrogen and oxygen atoms in total. The van der Waals surface area contributed by atoms with Crippen molar-refractivity contribution >= 4 is 18.8 Å². The van der Waals surface area contributed by atoms with Crippen LogP contribution >= 0.6 is 12.6 Å². The van der Waals surface area contributed by atoms with Gasteiger partial charge in [-0.3, -0.25) is 4.99 Å². The SMILES string of the molecule is CC=NC(=C(CC)CC)C(C)(S)NC. The topological polar surface area (TPSA) is 24.4 Å². The summed E-state index contributed by atoms with van der Waals surface area (Å²) >= 11 is 4.58. The number of aliphatic imine (C=N–C) groups is 1. The van der Waals surface area contributed by atoms with Gasteiger partial charge < -0.3 is 5.32 Å². The number of thiol groups is 1. The third kappa shape index (κ3) is 3.46. The number of hydrogen-bond donors (Lipinski definition) is 2. The smallest absolute Gasteiger partial charge is 0.101 e. The molecule has 82 valence electrons. The molecule has 0 spiro atoms. The second-order valence-corrected chi connectivity index (χ2v) is 4.26. The Kier molecular flexibility index (Phi) is 6.12. The van der Waals surface area contributed by atoms with Crippen molar-refractivity contribution in [3.63, 3.8) is 0 Å². The van der Waals surface area contributed by atoms with E-state index in [0.29, 0.717) is 0 Å². The Bertz CT molecular complexity index is 223. The van der Waals surface area contributed by atoms with Crippen LogP contribution in [0.5, 0.6) is 0 Å². The molecule has 1 unspecified atom stereocenters. The summed E-state index contributed by atoms with van der Waals surface area (Å²) in [7, 11) is 1.90. The van der Waals surface area contributed by atoms with Gasteiger partial charge in [0.15, 0.2) is 0 Å². The zero-order chi connectivity index (χ0) is 11.2. The lowest BCUT2D eigenvalue weighted by Crippen LogP contribution is -2.36. The normalized spacial score (nSPS) is 15.6. The highest BCUT2D eigenvalue weighted by molar-refractivity contribution is 7.82. The van der Waals surface area contributed by atoms with Crippen molar-refractivity contribution < 1.29 is 0 Å². The Morgan fingerprint density at radius 3 is 2.21 bits per heavy atom. The number of allylic oxidation sites excluding steroid dienone is 1. The van der Waals surface area contributed by atoms with Crippen LogP contribution in [0, 0.1) is 0 Å². The van der Waals surface area contributed by atoms with Gasteiger partial charge in [-0.1, -0.05) is 13.8 Å². The predicted molar refractivity (Wildman–Crippen MR) is 68.2 cm³/mol. The fraction of sp³-hybridized carbons (Fsp3) is 0.727. The molecule has 0 aromatic rings. The van der Waals surface area contributed by atoms with E-state index in [-0.39, 0.29) is 4.87 Å². The number of rotatable bonds is 5. The molecule has 0 amide bonds. The van der Waals surface area contributed by atoms with Gasteiger partial charge in [0.1, 0.15) is 4.87 Å². The molecule has 1 atom stereocenters. The summed E-state index contributed by atoms with van der Waals surface area (Å²) in [5, 5.41) is 3.17. The average molecular weight is 214 g/mol. The van der Waals surface area contributed by atoms with Crippen LogP contribution in [-0.2, 0) is 0 Å². The molecule has 0 rings (SSSR count). The largest absolute Gasteiger partial charge is 0.301 e. The first kappa shape index (κ1) is 13.7. The molecule has 0 saturated carbocycles. The van der Waals surface area contributed by atoms with Crippen LogP contribution in [0.4, 0.5) is 0 Å². The summed E-state index contributed by atoms with van der Waals surface area (Å²) < 4.78 is 0. The molecule has 0 bridgehead atoms. The van der Waals surface area contributed by atoms with E-state index in [9.17, 15) is 0 Å². The summed E-state index contributed by atoms with van der Waals surface area (Å²) in [5.74, 6) is 0. The third-order valence-electron chi connectivity index (χ3n) is 2.39. The minimum Gasteiger partial charge on any atom is -0.301 e. The molecule has 0 aliphatic heterocycles. The Morgan fingerprint density at radius 2 is 1.93 bits per heavy atom. The molecule has 0 heterocycles. The molecule has 14 heavy (non-hydrogen) atoms. The molecule has 0 aliphatic rings. The maximum absolute atomic E-state index is 4.58. The van der Waals surface area contributed by atoms with Crippen LogP contribution in [0.2, 0.25) is 0 Å². The van der Waals surface area contributed by atoms with E-state index >= 15 is 0 Å². The lowest BCUT2D eigenvalue weighted by atomic mass is 10.0. The van der Waals surface area contributed by atoms with Crippen LogP contribution in [0.15, 0.2) is 16.3 Å². The molecule has 0 aromatic heterocycles. The Hall–Kier alpha value is -0.280. The van der Waals surface area contributed by atoms with Gasteiger partial charge in [-0.05, 0) is 39.3 Å². The molecular formula is C11H22N2S. The van der Waals surface area contributed by atoms with Gasteiger partial charge in [0.05, 0.1) is 5.70 Å². The number of nitrogens with zero attached hydrogens (tertiary/aromatic N) is 1. The molecule has 3 heteroatoms. The highest BCUT2D eigenvalue weighted by Gasteiger charge is 2.23. The number of hydrogen-bond acceptors (Lipinski definition) is 3. The molecular weight excluding hydrogens is 192 g/mol. The average Bonchev–Trinajstić information content (AvgIpc) is 2.18. The molecule has 0 aliphatic carbocycles. The standard InChI is InChI=1S/C11H22N2S/c1-6-9(7-2)10(13-8-3)11(4,14)12-5/h8,12,14H,6-7H2,1-5H3. The lowest BCUT2D eigenvalue weighted by molar-refractivity contribution is 0.621. The van der Waals surface area contributed by atoms with Gasteiger partial charge in [-0.25, -0.2) is 0 Å². The van der Waals surface area contributed by atoms with Gasteiger partial charge in [-0.2, -0.15) is 12.6 Å². The minimum atomic E-state index is -0.339. The number of nitrogens with one attached hydrogen (secondary N) is 1. The van der Waals surface area contributed by atoms with Crippen LogP contribution < -0.4 is 5.32 Å². The van der Waals surface area contributed by atoms with Crippen LogP contribution in [0.1, 0.15) is 40.5 Å². The summed E-state index contributed by atoms with van der Waals surface area (Å²) in [4.78, 5) is 4.08. The fourth-order valence-electron chi connectivity index (χ4n) is 1.39. The van der Waals surface area contributed by atoms with Gasteiger partial charge in [0.25, 0.3) is 0 Å². The lowest BCUT2D eigenvalue weighted by Gasteiger charge is -2.26. The van der Waals surface area contributed by atoms with Crippen LogP contribution in [0.3, 0.4) is 0 Å². The van der Waals surface area contributed by atoms with Gasteiger partial charge in [0.2, 0.25) is 0 Å². The Morgan fingerprint density at radius 1 is 1.43 bits per heavy atom. The highest BCUT2D eigenvalue weighted by Crippen LogP contribution is 2.27. The van der Waals surface area contributed by atoms with Crippen LogP contribution in [-0.4, -0.2) is 18.1 Å². The molecule has 1 N–H and O–H groups in total. The minimum absolute atomic E-state index is 0.339. The van der Waals surface area contributed by atoms with Gasteiger partial charge in [-0.15, -0.1) is 0 Å². The first-order chi connectivity index (χ1) is 6.53. The molecule has 0 radical (unpaired) electrons. The van der Waals surface area contributed by atoms with E-state index in [1.165, 1.54) is 5.57 Å². The third-order valence-corrected chi connectivity index (χ3v) is 2.83. The van der Waals surface area contributed by atoms with Crippen LogP contribution in [0.25, 0.3) is 0 Å². The second-order valence-electron chi connectivity index (χ2n) is 3.37. The van der Waals surface area contributed by atoms with E-state index in [1.807, 2.05) is 27.1 Å². The first-order valence-electron chi connectivity index (χ1n) is 5.15. The van der Waals surface area contributed by atoms with E-state index < -0.39 is 0 Å². The predicted octanol–water partition coefficient (Wildman–Crippen LogP) is 3.02. The second kappa shape index (κ2) is 6.25. The fourth-order valence-corrected chi connectivity index (χ4v) is 1.61. The Labute approximate surface area is 93.3 Å². The van der Waals surface area contributed by atoms with Crippen molar-refractivity contribution in [2.45, 2.75) is 45.4 Å². The first-order valence-corrected chi connectivity index (χ1v) is 5.60. The quantitative estimate of drug-likeness (QED) is 0.410. The van der Waals surface area contributed by atoms with E-state index in [2.05, 4.69) is 36.8 Å². The maximum Gasteiger partial charge on any atom is 0.101 e. The van der Waals surface area contributed by atoms with E-state index in [0.717, 1.165) is 18.5 Å². The van der Waals surface area contributed by atoms with E-state index in [4.69, 9.17) is 0 Å². The summed E-state index contributed by atoms with van der Waals surface area (Å²) in [6, 6.07) is 0. The summed E-state index contributed by atoms with van der Waals surface area (Å²) in [6.45, 7) is 8.28. The van der Waals surface area contributed by atoms with E-state index in [1.54, 1.807) is 0 Å².